The zero-order valence-corrected chi connectivity index (χ0v) is 18.9. The summed E-state index contributed by atoms with van der Waals surface area (Å²) in [4.78, 5) is 31.1. The predicted molar refractivity (Wildman–Crippen MR) is 119 cm³/mol. The van der Waals surface area contributed by atoms with E-state index in [4.69, 9.17) is 0 Å². The lowest BCUT2D eigenvalue weighted by molar-refractivity contribution is -0.128. The summed E-state index contributed by atoms with van der Waals surface area (Å²) in [6.07, 6.45) is 1.33. The fourth-order valence-electron chi connectivity index (χ4n) is 4.08. The van der Waals surface area contributed by atoms with Crippen molar-refractivity contribution in [1.29, 1.82) is 5.26 Å². The van der Waals surface area contributed by atoms with Crippen molar-refractivity contribution in [2.24, 2.45) is 0 Å². The van der Waals surface area contributed by atoms with Gasteiger partial charge in [0.2, 0.25) is 11.8 Å². The van der Waals surface area contributed by atoms with Crippen LogP contribution in [-0.2, 0) is 16.0 Å². The Morgan fingerprint density at radius 2 is 1.91 bits per heavy atom. The Kier molecular flexibility index (Phi) is 7.59. The predicted octanol–water partition coefficient (Wildman–Crippen LogP) is 2.68. The normalized spacial score (nSPS) is 15.0. The van der Waals surface area contributed by atoms with Gasteiger partial charge in [-0.2, -0.15) is 5.26 Å². The number of hydrogen-bond acceptors (Lipinski definition) is 5. The summed E-state index contributed by atoms with van der Waals surface area (Å²) in [7, 11) is 0. The van der Waals surface area contributed by atoms with Crippen LogP contribution in [0.1, 0.15) is 42.1 Å². The minimum atomic E-state index is -1.00. The second-order valence-electron chi connectivity index (χ2n) is 8.37. The number of anilines is 1. The average molecular weight is 456 g/mol. The molecule has 33 heavy (non-hydrogen) atoms. The summed E-state index contributed by atoms with van der Waals surface area (Å²) in [5.41, 5.74) is 2.68. The van der Waals surface area contributed by atoms with Crippen LogP contribution in [0.15, 0.2) is 24.3 Å². The van der Waals surface area contributed by atoms with Crippen molar-refractivity contribution in [3.8, 4) is 6.07 Å². The lowest BCUT2D eigenvalue weighted by Gasteiger charge is -2.34. The molecule has 1 fully saturated rings. The molecule has 7 nitrogen and oxygen atoms in total. The Balaban J connectivity index is 1.64. The second kappa shape index (κ2) is 10.4. The molecule has 0 spiro atoms. The van der Waals surface area contributed by atoms with E-state index >= 15 is 0 Å². The molecule has 1 saturated heterocycles. The van der Waals surface area contributed by atoms with Crippen LogP contribution >= 0.6 is 0 Å². The fourth-order valence-corrected chi connectivity index (χ4v) is 4.08. The number of rotatable bonds is 6. The summed E-state index contributed by atoms with van der Waals surface area (Å²) >= 11 is 0. The van der Waals surface area contributed by atoms with Crippen molar-refractivity contribution in [1.82, 2.24) is 15.6 Å². The molecule has 1 atom stereocenters. The Morgan fingerprint density at radius 3 is 2.52 bits per heavy atom. The number of aromatic nitrogens is 1. The molecule has 0 aliphatic carbocycles. The van der Waals surface area contributed by atoms with Crippen LogP contribution in [0.2, 0.25) is 0 Å². The van der Waals surface area contributed by atoms with Gasteiger partial charge >= 0.3 is 0 Å². The highest BCUT2D eigenvalue weighted by Gasteiger charge is 2.27. The molecule has 1 aliphatic rings. The zero-order chi connectivity index (χ0) is 24.1. The Labute approximate surface area is 191 Å². The van der Waals surface area contributed by atoms with Gasteiger partial charge in [-0.1, -0.05) is 6.07 Å². The van der Waals surface area contributed by atoms with Crippen LogP contribution < -0.4 is 15.5 Å². The standard InChI is InChI=1S/C24H27F2N5O2/c1-14-10-15(2)28-23(19(14)13-27)31-8-6-18(7-9-31)30-24(33)22(29-16(3)32)12-17-4-5-20(25)21(26)11-17/h4-5,10-11,18,22H,6-9,12H2,1-3H3,(H,29,32)(H,30,33)/t22-/m0/s1. The first-order chi connectivity index (χ1) is 15.7. The monoisotopic (exact) mass is 455 g/mol. The molecule has 3 rings (SSSR count). The van der Waals surface area contributed by atoms with Gasteiger partial charge < -0.3 is 15.5 Å². The van der Waals surface area contributed by atoms with E-state index < -0.39 is 23.6 Å². The van der Waals surface area contributed by atoms with E-state index in [0.717, 1.165) is 23.4 Å². The number of benzene rings is 1. The maximum Gasteiger partial charge on any atom is 0.243 e. The molecule has 1 aromatic heterocycles. The number of halogens is 2. The maximum atomic E-state index is 13.6. The van der Waals surface area contributed by atoms with E-state index in [1.165, 1.54) is 13.0 Å². The van der Waals surface area contributed by atoms with Crippen LogP contribution in [0.25, 0.3) is 0 Å². The number of nitrogens with one attached hydrogen (secondary N) is 2. The number of aryl methyl sites for hydroxylation is 2. The third kappa shape index (κ3) is 6.04. The van der Waals surface area contributed by atoms with Crippen molar-refractivity contribution in [3.05, 3.63) is 58.3 Å². The third-order valence-electron chi connectivity index (χ3n) is 5.70. The second-order valence-corrected chi connectivity index (χ2v) is 8.37. The first kappa shape index (κ1) is 24.1. The van der Waals surface area contributed by atoms with Gasteiger partial charge in [-0.25, -0.2) is 13.8 Å². The van der Waals surface area contributed by atoms with Gasteiger partial charge in [-0.15, -0.1) is 0 Å². The summed E-state index contributed by atoms with van der Waals surface area (Å²) in [5.74, 6) is -2.08. The number of piperidine rings is 1. The smallest absolute Gasteiger partial charge is 0.243 e. The highest BCUT2D eigenvalue weighted by molar-refractivity contribution is 5.87. The van der Waals surface area contributed by atoms with Crippen molar-refractivity contribution in [2.45, 2.75) is 52.1 Å². The SMILES string of the molecule is CC(=O)N[C@@H](Cc1ccc(F)c(F)c1)C(=O)NC1CCN(c2nc(C)cc(C)c2C#N)CC1. The van der Waals surface area contributed by atoms with Crippen LogP contribution in [0.5, 0.6) is 0 Å². The largest absolute Gasteiger partial charge is 0.355 e. The summed E-state index contributed by atoms with van der Waals surface area (Å²) < 4.78 is 26.8. The quantitative estimate of drug-likeness (QED) is 0.698. The highest BCUT2D eigenvalue weighted by atomic mass is 19.2. The number of carbonyl (C=O) groups is 2. The van der Waals surface area contributed by atoms with Crippen molar-refractivity contribution in [3.63, 3.8) is 0 Å². The molecule has 0 unspecified atom stereocenters. The number of amides is 2. The average Bonchev–Trinajstić information content (AvgIpc) is 2.75. The molecule has 2 heterocycles. The number of nitrogens with zero attached hydrogens (tertiary/aromatic N) is 3. The number of carbonyl (C=O) groups excluding carboxylic acids is 2. The van der Waals surface area contributed by atoms with E-state index in [9.17, 15) is 23.6 Å². The molecule has 0 radical (unpaired) electrons. The van der Waals surface area contributed by atoms with Gasteiger partial charge in [0.25, 0.3) is 0 Å². The first-order valence-electron chi connectivity index (χ1n) is 10.8. The zero-order valence-electron chi connectivity index (χ0n) is 18.9. The lowest BCUT2D eigenvalue weighted by Crippen LogP contribution is -2.52. The number of hydrogen-bond donors (Lipinski definition) is 2. The minimum absolute atomic E-state index is 0.0411. The molecule has 1 aromatic carbocycles. The van der Waals surface area contributed by atoms with E-state index in [0.29, 0.717) is 42.9 Å². The van der Waals surface area contributed by atoms with Crippen LogP contribution in [-0.4, -0.2) is 42.0 Å². The Morgan fingerprint density at radius 1 is 1.21 bits per heavy atom. The fraction of sp³-hybridized carbons (Fsp3) is 0.417. The minimum Gasteiger partial charge on any atom is -0.355 e. The van der Waals surface area contributed by atoms with E-state index in [1.807, 2.05) is 24.8 Å². The topological polar surface area (TPSA) is 98.1 Å². The summed E-state index contributed by atoms with van der Waals surface area (Å²) in [6, 6.07) is 6.50. The van der Waals surface area contributed by atoms with Crippen LogP contribution in [0.3, 0.4) is 0 Å². The number of nitriles is 1. The lowest BCUT2D eigenvalue weighted by atomic mass is 10.0. The maximum absolute atomic E-state index is 13.6. The van der Waals surface area contributed by atoms with Gasteiger partial charge in [0, 0.05) is 38.2 Å². The van der Waals surface area contributed by atoms with Crippen molar-refractivity contribution >= 4 is 17.6 Å². The van der Waals surface area contributed by atoms with E-state index in [1.54, 1.807) is 0 Å². The van der Waals surface area contributed by atoms with Crippen LogP contribution in [0.4, 0.5) is 14.6 Å². The molecule has 2 aromatic rings. The Hall–Kier alpha value is -3.54. The molecule has 9 heteroatoms. The van der Waals surface area contributed by atoms with E-state index in [-0.39, 0.29) is 18.4 Å². The molecule has 2 amide bonds. The first-order valence-corrected chi connectivity index (χ1v) is 10.8. The highest BCUT2D eigenvalue weighted by Crippen LogP contribution is 2.25. The van der Waals surface area contributed by atoms with Crippen molar-refractivity contribution < 1.29 is 18.4 Å². The van der Waals surface area contributed by atoms with Gasteiger partial charge in [-0.05, 0) is 56.0 Å². The van der Waals surface area contributed by atoms with Crippen LogP contribution in [0, 0.1) is 36.8 Å². The molecule has 174 valence electrons. The van der Waals surface area contributed by atoms with Gasteiger partial charge in [0.15, 0.2) is 11.6 Å². The molecular weight excluding hydrogens is 428 g/mol. The molecular formula is C24H27F2N5O2. The van der Waals surface area contributed by atoms with Crippen molar-refractivity contribution in [2.75, 3.05) is 18.0 Å². The molecule has 2 N–H and O–H groups in total. The Bertz CT molecular complexity index is 1090. The molecule has 1 aliphatic heterocycles. The van der Waals surface area contributed by atoms with Gasteiger partial charge in [0.05, 0.1) is 5.56 Å². The number of pyridine rings is 1. The van der Waals surface area contributed by atoms with Gasteiger partial charge in [-0.3, -0.25) is 9.59 Å². The molecule has 0 saturated carbocycles. The molecule has 0 bridgehead atoms. The summed E-state index contributed by atoms with van der Waals surface area (Å²) in [5, 5.41) is 15.1. The van der Waals surface area contributed by atoms with Gasteiger partial charge in [0.1, 0.15) is 17.9 Å². The summed E-state index contributed by atoms with van der Waals surface area (Å²) in [6.45, 7) is 6.30. The third-order valence-corrected chi connectivity index (χ3v) is 5.70. The van der Waals surface area contributed by atoms with E-state index in [2.05, 4.69) is 21.7 Å².